The molecular formula is C20H20ClNO3. The van der Waals surface area contributed by atoms with Crippen molar-refractivity contribution in [2.24, 2.45) is 0 Å². The molecule has 0 aromatic heterocycles. The lowest BCUT2D eigenvalue weighted by Gasteiger charge is -2.13. The highest BCUT2D eigenvalue weighted by Crippen LogP contribution is 2.40. The van der Waals surface area contributed by atoms with Gasteiger partial charge in [0.25, 0.3) is 0 Å². The zero-order valence-corrected chi connectivity index (χ0v) is 14.7. The van der Waals surface area contributed by atoms with E-state index in [-0.39, 0.29) is 5.91 Å². The molecule has 0 radical (unpaired) electrons. The number of hydrogen-bond acceptors (Lipinski definition) is 3. The zero-order chi connectivity index (χ0) is 17.2. The second-order valence-corrected chi connectivity index (χ2v) is 6.86. The number of halogens is 1. The SMILES string of the molecule is O=C(Cc1c2c(cc3c1OCC3)OCC2)NCCc1ccc(Cl)cc1. The molecule has 0 bridgehead atoms. The molecule has 0 aliphatic carbocycles. The summed E-state index contributed by atoms with van der Waals surface area (Å²) in [5.41, 5.74) is 4.45. The van der Waals surface area contributed by atoms with Gasteiger partial charge in [-0.05, 0) is 30.2 Å². The van der Waals surface area contributed by atoms with Crippen molar-refractivity contribution in [2.45, 2.75) is 25.7 Å². The number of nitrogens with one attached hydrogen (secondary N) is 1. The van der Waals surface area contributed by atoms with Gasteiger partial charge in [-0.25, -0.2) is 0 Å². The summed E-state index contributed by atoms with van der Waals surface area (Å²) in [6, 6.07) is 9.78. The van der Waals surface area contributed by atoms with Crippen LogP contribution in [0.5, 0.6) is 11.5 Å². The molecule has 4 nitrogen and oxygen atoms in total. The van der Waals surface area contributed by atoms with E-state index in [4.69, 9.17) is 21.1 Å². The van der Waals surface area contributed by atoms with Crippen LogP contribution in [0.15, 0.2) is 30.3 Å². The first-order valence-corrected chi connectivity index (χ1v) is 9.03. The minimum atomic E-state index is 0.0203. The molecule has 5 heteroatoms. The van der Waals surface area contributed by atoms with Crippen LogP contribution in [0.25, 0.3) is 0 Å². The molecule has 2 aromatic carbocycles. The molecular weight excluding hydrogens is 338 g/mol. The number of rotatable bonds is 5. The molecule has 2 aromatic rings. The Kier molecular flexibility index (Phi) is 4.53. The van der Waals surface area contributed by atoms with Crippen molar-refractivity contribution < 1.29 is 14.3 Å². The molecule has 0 atom stereocenters. The highest BCUT2D eigenvalue weighted by atomic mass is 35.5. The van der Waals surface area contributed by atoms with Gasteiger partial charge in [0.05, 0.1) is 19.6 Å². The van der Waals surface area contributed by atoms with Crippen molar-refractivity contribution >= 4 is 17.5 Å². The molecule has 4 rings (SSSR count). The van der Waals surface area contributed by atoms with E-state index in [1.54, 1.807) is 0 Å². The Morgan fingerprint density at radius 3 is 2.76 bits per heavy atom. The maximum Gasteiger partial charge on any atom is 0.224 e. The Labute approximate surface area is 152 Å². The Morgan fingerprint density at radius 2 is 1.92 bits per heavy atom. The first kappa shape index (κ1) is 16.3. The smallest absolute Gasteiger partial charge is 0.224 e. The number of ether oxygens (including phenoxy) is 2. The largest absolute Gasteiger partial charge is 0.493 e. The van der Waals surface area contributed by atoms with Gasteiger partial charge in [-0.15, -0.1) is 0 Å². The third-order valence-electron chi connectivity index (χ3n) is 4.75. The van der Waals surface area contributed by atoms with Crippen LogP contribution in [0.3, 0.4) is 0 Å². The second kappa shape index (κ2) is 6.96. The number of hydrogen-bond donors (Lipinski definition) is 1. The summed E-state index contributed by atoms with van der Waals surface area (Å²) >= 11 is 5.89. The fraction of sp³-hybridized carbons (Fsp3) is 0.350. The summed E-state index contributed by atoms with van der Waals surface area (Å²) in [7, 11) is 0. The van der Waals surface area contributed by atoms with Gasteiger partial charge in [-0.1, -0.05) is 23.7 Å². The zero-order valence-electron chi connectivity index (χ0n) is 13.9. The van der Waals surface area contributed by atoms with Crippen LogP contribution in [0.2, 0.25) is 5.02 Å². The van der Waals surface area contributed by atoms with E-state index in [0.29, 0.717) is 26.2 Å². The van der Waals surface area contributed by atoms with Crippen molar-refractivity contribution in [1.82, 2.24) is 5.32 Å². The van der Waals surface area contributed by atoms with Gasteiger partial charge in [-0.3, -0.25) is 4.79 Å². The van der Waals surface area contributed by atoms with Crippen molar-refractivity contribution in [3.63, 3.8) is 0 Å². The van der Waals surface area contributed by atoms with Gasteiger partial charge in [0.2, 0.25) is 5.91 Å². The van der Waals surface area contributed by atoms with Crippen LogP contribution in [-0.4, -0.2) is 25.7 Å². The maximum atomic E-state index is 12.4. The summed E-state index contributed by atoms with van der Waals surface area (Å²) in [5, 5.41) is 3.73. The van der Waals surface area contributed by atoms with Crippen LogP contribution >= 0.6 is 11.6 Å². The molecule has 0 unspecified atom stereocenters. The van der Waals surface area contributed by atoms with Crippen molar-refractivity contribution in [3.05, 3.63) is 57.6 Å². The topological polar surface area (TPSA) is 47.6 Å². The lowest BCUT2D eigenvalue weighted by Crippen LogP contribution is -2.27. The first-order chi connectivity index (χ1) is 12.2. The van der Waals surface area contributed by atoms with E-state index in [1.807, 2.05) is 24.3 Å². The molecule has 1 amide bonds. The van der Waals surface area contributed by atoms with Crippen molar-refractivity contribution in [1.29, 1.82) is 0 Å². The minimum absolute atomic E-state index is 0.0203. The molecule has 0 spiro atoms. The van der Waals surface area contributed by atoms with Gasteiger partial charge in [0, 0.05) is 41.1 Å². The number of amides is 1. The summed E-state index contributed by atoms with van der Waals surface area (Å²) in [5.74, 6) is 1.84. The average molecular weight is 358 g/mol. The lowest BCUT2D eigenvalue weighted by atomic mass is 9.97. The molecule has 2 aliphatic rings. The third-order valence-corrected chi connectivity index (χ3v) is 5.00. The van der Waals surface area contributed by atoms with Crippen LogP contribution in [-0.2, 0) is 30.5 Å². The van der Waals surface area contributed by atoms with Crippen LogP contribution in [0, 0.1) is 0 Å². The third kappa shape index (κ3) is 3.45. The fourth-order valence-electron chi connectivity index (χ4n) is 3.49. The monoisotopic (exact) mass is 357 g/mol. The van der Waals surface area contributed by atoms with Crippen LogP contribution < -0.4 is 14.8 Å². The Bertz CT molecular complexity index is 769. The van der Waals surface area contributed by atoms with Crippen molar-refractivity contribution in [2.75, 3.05) is 19.8 Å². The maximum absolute atomic E-state index is 12.4. The normalized spacial score (nSPS) is 14.4. The summed E-state index contributed by atoms with van der Waals surface area (Å²) in [6.07, 6.45) is 2.86. The van der Waals surface area contributed by atoms with Crippen LogP contribution in [0.4, 0.5) is 0 Å². The van der Waals surface area contributed by atoms with E-state index >= 15 is 0 Å². The Hall–Kier alpha value is -2.20. The average Bonchev–Trinajstić information content (AvgIpc) is 3.25. The highest BCUT2D eigenvalue weighted by molar-refractivity contribution is 6.30. The van der Waals surface area contributed by atoms with E-state index in [9.17, 15) is 4.79 Å². The van der Waals surface area contributed by atoms with E-state index in [2.05, 4.69) is 11.4 Å². The van der Waals surface area contributed by atoms with Gasteiger partial charge >= 0.3 is 0 Å². The van der Waals surface area contributed by atoms with Gasteiger partial charge in [0.15, 0.2) is 0 Å². The molecule has 1 N–H and O–H groups in total. The standard InChI is InChI=1S/C20H20ClNO3/c21-15-3-1-13(2-4-15)5-8-22-19(23)12-17-16-7-10-24-18(16)11-14-6-9-25-20(14)17/h1-4,11H,5-10,12H2,(H,22,23). The molecule has 0 saturated heterocycles. The van der Waals surface area contributed by atoms with E-state index in [0.717, 1.165) is 58.0 Å². The first-order valence-electron chi connectivity index (χ1n) is 8.65. The molecule has 2 aliphatic heterocycles. The molecule has 0 saturated carbocycles. The van der Waals surface area contributed by atoms with Gasteiger partial charge in [0.1, 0.15) is 11.5 Å². The molecule has 25 heavy (non-hydrogen) atoms. The number of carbonyl (C=O) groups is 1. The van der Waals surface area contributed by atoms with E-state index < -0.39 is 0 Å². The predicted molar refractivity (Wildman–Crippen MR) is 96.7 cm³/mol. The summed E-state index contributed by atoms with van der Waals surface area (Å²) in [4.78, 5) is 12.4. The Morgan fingerprint density at radius 1 is 1.12 bits per heavy atom. The number of carbonyl (C=O) groups excluding carboxylic acids is 1. The lowest BCUT2D eigenvalue weighted by molar-refractivity contribution is -0.120. The summed E-state index contributed by atoms with van der Waals surface area (Å²) < 4.78 is 11.5. The fourth-order valence-corrected chi connectivity index (χ4v) is 3.62. The molecule has 0 fully saturated rings. The quantitative estimate of drug-likeness (QED) is 0.894. The van der Waals surface area contributed by atoms with Crippen LogP contribution in [0.1, 0.15) is 22.3 Å². The number of benzene rings is 2. The second-order valence-electron chi connectivity index (χ2n) is 6.42. The molecule has 130 valence electrons. The van der Waals surface area contributed by atoms with Gasteiger partial charge in [-0.2, -0.15) is 0 Å². The summed E-state index contributed by atoms with van der Waals surface area (Å²) in [6.45, 7) is 1.97. The van der Waals surface area contributed by atoms with Crippen molar-refractivity contribution in [3.8, 4) is 11.5 Å². The van der Waals surface area contributed by atoms with Gasteiger partial charge < -0.3 is 14.8 Å². The minimum Gasteiger partial charge on any atom is -0.493 e. The Balaban J connectivity index is 1.41. The number of fused-ring (bicyclic) bond motifs is 2. The highest BCUT2D eigenvalue weighted by Gasteiger charge is 2.27. The van der Waals surface area contributed by atoms with E-state index in [1.165, 1.54) is 0 Å². The molecule has 2 heterocycles. The predicted octanol–water partition coefficient (Wildman–Crippen LogP) is 3.11.